The molecule has 2 aromatic rings. The van der Waals surface area contributed by atoms with E-state index in [0.717, 1.165) is 12.1 Å². The number of esters is 1. The normalized spacial score (nSPS) is 10.9. The topological polar surface area (TPSA) is 39.2 Å². The third-order valence-corrected chi connectivity index (χ3v) is 3.87. The molecule has 0 bridgehead atoms. The molecule has 0 atom stereocenters. The van der Waals surface area contributed by atoms with Gasteiger partial charge >= 0.3 is 5.97 Å². The van der Waals surface area contributed by atoms with Gasteiger partial charge in [0, 0.05) is 11.5 Å². The average Bonchev–Trinajstić information content (AvgIpc) is 2.42. The van der Waals surface area contributed by atoms with E-state index >= 15 is 0 Å². The van der Waals surface area contributed by atoms with Crippen LogP contribution in [0.3, 0.4) is 0 Å². The SMILES string of the molecule is CCOC(=O)c1c(SCC)nc2cc(F)c(F)cc2c1C. The molecule has 3 nitrogen and oxygen atoms in total. The van der Waals surface area contributed by atoms with Gasteiger partial charge in [0.15, 0.2) is 11.6 Å². The first-order valence-electron chi connectivity index (χ1n) is 6.58. The van der Waals surface area contributed by atoms with Gasteiger partial charge in [-0.3, -0.25) is 0 Å². The van der Waals surface area contributed by atoms with Crippen molar-refractivity contribution in [3.63, 3.8) is 0 Å². The molecule has 0 amide bonds. The molecule has 1 aromatic carbocycles. The summed E-state index contributed by atoms with van der Waals surface area (Å²) in [6.45, 7) is 5.56. The third kappa shape index (κ3) is 3.00. The van der Waals surface area contributed by atoms with Crippen molar-refractivity contribution in [2.45, 2.75) is 25.8 Å². The van der Waals surface area contributed by atoms with Crippen molar-refractivity contribution in [3.8, 4) is 0 Å². The Morgan fingerprint density at radius 1 is 1.29 bits per heavy atom. The number of thioether (sulfide) groups is 1. The van der Waals surface area contributed by atoms with Gasteiger partial charge < -0.3 is 4.74 Å². The fourth-order valence-corrected chi connectivity index (χ4v) is 2.89. The first-order chi connectivity index (χ1) is 9.99. The van der Waals surface area contributed by atoms with Crippen LogP contribution in [0.5, 0.6) is 0 Å². The summed E-state index contributed by atoms with van der Waals surface area (Å²) in [7, 11) is 0. The number of pyridine rings is 1. The molecule has 0 saturated carbocycles. The minimum absolute atomic E-state index is 0.240. The third-order valence-electron chi connectivity index (χ3n) is 3.01. The molecule has 0 saturated heterocycles. The Kier molecular flexibility index (Phi) is 4.77. The highest BCUT2D eigenvalue weighted by atomic mass is 32.2. The van der Waals surface area contributed by atoms with Gasteiger partial charge in [0.05, 0.1) is 17.7 Å². The monoisotopic (exact) mass is 311 g/mol. The molecule has 0 spiro atoms. The van der Waals surface area contributed by atoms with Crippen LogP contribution in [0.15, 0.2) is 17.2 Å². The maximum Gasteiger partial charge on any atom is 0.341 e. The van der Waals surface area contributed by atoms with Crippen LogP contribution in [0.25, 0.3) is 10.9 Å². The van der Waals surface area contributed by atoms with E-state index in [4.69, 9.17) is 4.74 Å². The summed E-state index contributed by atoms with van der Waals surface area (Å²) in [5, 5.41) is 0.893. The molecular weight excluding hydrogens is 296 g/mol. The van der Waals surface area contributed by atoms with Gasteiger partial charge in [-0.1, -0.05) is 6.92 Å². The van der Waals surface area contributed by atoms with Crippen molar-refractivity contribution in [2.24, 2.45) is 0 Å². The lowest BCUT2D eigenvalue weighted by molar-refractivity contribution is 0.0521. The zero-order chi connectivity index (χ0) is 15.6. The molecule has 1 heterocycles. The van der Waals surface area contributed by atoms with E-state index in [1.54, 1.807) is 13.8 Å². The van der Waals surface area contributed by atoms with Crippen LogP contribution in [0.2, 0.25) is 0 Å². The zero-order valence-corrected chi connectivity index (χ0v) is 12.8. The van der Waals surface area contributed by atoms with Crippen molar-refractivity contribution in [1.29, 1.82) is 0 Å². The van der Waals surface area contributed by atoms with Crippen LogP contribution in [-0.2, 0) is 4.74 Å². The Labute approximate surface area is 125 Å². The Bertz CT molecular complexity index is 704. The number of carbonyl (C=O) groups excluding carboxylic acids is 1. The van der Waals surface area contributed by atoms with Crippen molar-refractivity contribution < 1.29 is 18.3 Å². The molecular formula is C15H15F2NO2S. The predicted octanol–water partition coefficient (Wildman–Crippen LogP) is 4.11. The van der Waals surface area contributed by atoms with Gasteiger partial charge in [-0.25, -0.2) is 18.6 Å². The first kappa shape index (κ1) is 15.7. The summed E-state index contributed by atoms with van der Waals surface area (Å²) >= 11 is 1.37. The number of nitrogens with zero attached hydrogens (tertiary/aromatic N) is 1. The largest absolute Gasteiger partial charge is 0.462 e. The molecule has 112 valence electrons. The first-order valence-corrected chi connectivity index (χ1v) is 7.57. The summed E-state index contributed by atoms with van der Waals surface area (Å²) in [5.41, 5.74) is 1.20. The second-order valence-corrected chi connectivity index (χ2v) is 5.61. The lowest BCUT2D eigenvalue weighted by Gasteiger charge is -2.13. The van der Waals surface area contributed by atoms with E-state index in [1.807, 2.05) is 6.92 Å². The van der Waals surface area contributed by atoms with Crippen molar-refractivity contribution in [3.05, 3.63) is 34.9 Å². The molecule has 0 aliphatic carbocycles. The maximum absolute atomic E-state index is 13.4. The Balaban J connectivity index is 2.75. The summed E-state index contributed by atoms with van der Waals surface area (Å²) in [6, 6.07) is 2.11. The summed E-state index contributed by atoms with van der Waals surface area (Å²) in [4.78, 5) is 16.4. The second-order valence-electron chi connectivity index (χ2n) is 4.35. The average molecular weight is 311 g/mol. The molecule has 0 fully saturated rings. The molecule has 2 rings (SSSR count). The van der Waals surface area contributed by atoms with Gasteiger partial charge in [-0.2, -0.15) is 0 Å². The number of ether oxygens (including phenoxy) is 1. The molecule has 0 aliphatic rings. The lowest BCUT2D eigenvalue weighted by Crippen LogP contribution is -2.10. The number of aryl methyl sites for hydroxylation is 1. The van der Waals surface area contributed by atoms with Gasteiger partial charge in [0.2, 0.25) is 0 Å². The van der Waals surface area contributed by atoms with Crippen molar-refractivity contribution >= 4 is 28.6 Å². The van der Waals surface area contributed by atoms with Gasteiger partial charge in [-0.15, -0.1) is 11.8 Å². The van der Waals surface area contributed by atoms with Crippen LogP contribution < -0.4 is 0 Å². The van der Waals surface area contributed by atoms with E-state index in [-0.39, 0.29) is 6.61 Å². The number of rotatable bonds is 4. The van der Waals surface area contributed by atoms with E-state index in [0.29, 0.717) is 32.8 Å². The molecule has 0 N–H and O–H groups in total. The predicted molar refractivity (Wildman–Crippen MR) is 78.8 cm³/mol. The molecule has 21 heavy (non-hydrogen) atoms. The zero-order valence-electron chi connectivity index (χ0n) is 12.0. The second kappa shape index (κ2) is 6.39. The van der Waals surface area contributed by atoms with Crippen LogP contribution in [0, 0.1) is 18.6 Å². The van der Waals surface area contributed by atoms with E-state index in [1.165, 1.54) is 11.8 Å². The van der Waals surface area contributed by atoms with Crippen LogP contribution in [0.4, 0.5) is 8.78 Å². The van der Waals surface area contributed by atoms with Gasteiger partial charge in [0.1, 0.15) is 5.03 Å². The Morgan fingerprint density at radius 2 is 1.95 bits per heavy atom. The summed E-state index contributed by atoms with van der Waals surface area (Å²) in [6.07, 6.45) is 0. The minimum atomic E-state index is -0.960. The summed E-state index contributed by atoms with van der Waals surface area (Å²) < 4.78 is 31.8. The van der Waals surface area contributed by atoms with Crippen LogP contribution in [0.1, 0.15) is 29.8 Å². The highest BCUT2D eigenvalue weighted by Crippen LogP contribution is 2.30. The van der Waals surface area contributed by atoms with Crippen molar-refractivity contribution in [1.82, 2.24) is 4.98 Å². The number of hydrogen-bond acceptors (Lipinski definition) is 4. The number of benzene rings is 1. The Hall–Kier alpha value is -1.69. The van der Waals surface area contributed by atoms with Crippen LogP contribution in [-0.4, -0.2) is 23.3 Å². The number of carbonyl (C=O) groups is 1. The summed E-state index contributed by atoms with van der Waals surface area (Å²) in [5.74, 6) is -1.71. The quantitative estimate of drug-likeness (QED) is 0.629. The van der Waals surface area contributed by atoms with E-state index in [2.05, 4.69) is 4.98 Å². The number of halogens is 2. The van der Waals surface area contributed by atoms with Crippen molar-refractivity contribution in [2.75, 3.05) is 12.4 Å². The molecule has 6 heteroatoms. The molecule has 0 radical (unpaired) electrons. The van der Waals surface area contributed by atoms with E-state index < -0.39 is 17.6 Å². The standard InChI is InChI=1S/C15H15F2NO2S/c1-4-20-15(19)13-8(3)9-6-10(16)11(17)7-12(9)18-14(13)21-5-2/h6-7H,4-5H2,1-3H3. The Morgan fingerprint density at radius 3 is 2.57 bits per heavy atom. The maximum atomic E-state index is 13.4. The fourth-order valence-electron chi connectivity index (χ4n) is 2.07. The molecule has 0 unspecified atom stereocenters. The van der Waals surface area contributed by atoms with Gasteiger partial charge in [0.25, 0.3) is 0 Å². The van der Waals surface area contributed by atoms with Crippen LogP contribution >= 0.6 is 11.8 Å². The van der Waals surface area contributed by atoms with Gasteiger partial charge in [-0.05, 0) is 31.2 Å². The number of hydrogen-bond donors (Lipinski definition) is 0. The number of aromatic nitrogens is 1. The van der Waals surface area contributed by atoms with E-state index in [9.17, 15) is 13.6 Å². The highest BCUT2D eigenvalue weighted by Gasteiger charge is 2.21. The number of fused-ring (bicyclic) bond motifs is 1. The fraction of sp³-hybridized carbons (Fsp3) is 0.333. The molecule has 0 aliphatic heterocycles. The molecule has 1 aromatic heterocycles. The smallest absolute Gasteiger partial charge is 0.341 e. The highest BCUT2D eigenvalue weighted by molar-refractivity contribution is 7.99. The lowest BCUT2D eigenvalue weighted by atomic mass is 10.0. The minimum Gasteiger partial charge on any atom is -0.462 e.